The SMILES string of the molecule is CN(N)/N=C(\N)c1ccc2[nH]c(=O)c(-c3cc4c([nH]3)C=CCC(CN3CCCCC3)=C4)cc2c1. The molecule has 8 nitrogen and oxygen atoms in total. The van der Waals surface area contributed by atoms with Gasteiger partial charge in [-0.15, -0.1) is 5.10 Å². The van der Waals surface area contributed by atoms with Crippen molar-refractivity contribution in [3.05, 3.63) is 69.2 Å². The number of pyridine rings is 1. The second-order valence-corrected chi connectivity index (χ2v) is 9.17. The summed E-state index contributed by atoms with van der Waals surface area (Å²) in [6, 6.07) is 9.51. The molecule has 0 amide bonds. The Balaban J connectivity index is 1.49. The number of hydrogen-bond donors (Lipinski definition) is 4. The number of rotatable bonds is 5. The fraction of sp³-hybridized carbons (Fsp3) is 0.308. The normalized spacial score (nSPS) is 16.9. The Morgan fingerprint density at radius 2 is 1.97 bits per heavy atom. The zero-order valence-corrected chi connectivity index (χ0v) is 19.5. The molecule has 0 spiro atoms. The number of nitrogens with one attached hydrogen (secondary N) is 2. The van der Waals surface area contributed by atoms with E-state index in [1.54, 1.807) is 7.05 Å². The minimum Gasteiger partial charge on any atom is -0.382 e. The minimum atomic E-state index is -0.138. The van der Waals surface area contributed by atoms with E-state index in [-0.39, 0.29) is 5.56 Å². The molecule has 1 fully saturated rings. The van der Waals surface area contributed by atoms with Gasteiger partial charge in [-0.3, -0.25) is 9.69 Å². The number of hydrazine groups is 1. The Morgan fingerprint density at radius 3 is 2.76 bits per heavy atom. The Labute approximate surface area is 198 Å². The standard InChI is InChI=1S/C26H31N7O/c1-32(28)31-25(27)18-8-9-23-20(13-18)14-21(26(34)30-23)24-15-19-12-17(6-5-7-22(19)29-24)16-33-10-3-2-4-11-33/h5,7-9,12-15,29H,2-4,6,10-11,16,28H2,1H3,(H2,27,31)(H,30,34). The molecule has 3 heterocycles. The van der Waals surface area contributed by atoms with Gasteiger partial charge in [0, 0.05) is 35.9 Å². The number of fused-ring (bicyclic) bond motifs is 2. The maximum Gasteiger partial charge on any atom is 0.257 e. The zero-order chi connectivity index (χ0) is 23.7. The first-order valence-corrected chi connectivity index (χ1v) is 11.8. The molecule has 3 aromatic rings. The molecule has 8 heteroatoms. The van der Waals surface area contributed by atoms with E-state index in [1.807, 2.05) is 24.3 Å². The second-order valence-electron chi connectivity index (χ2n) is 9.17. The molecule has 2 aliphatic rings. The van der Waals surface area contributed by atoms with Crippen LogP contribution in [0.1, 0.15) is 42.5 Å². The lowest BCUT2D eigenvalue weighted by Gasteiger charge is -2.27. The van der Waals surface area contributed by atoms with Crippen LogP contribution in [0.5, 0.6) is 0 Å². The lowest BCUT2D eigenvalue weighted by molar-refractivity contribution is 0.246. The summed E-state index contributed by atoms with van der Waals surface area (Å²) in [5, 5.41) is 6.10. The molecule has 0 atom stereocenters. The summed E-state index contributed by atoms with van der Waals surface area (Å²) in [6.07, 6.45) is 11.5. The summed E-state index contributed by atoms with van der Waals surface area (Å²) < 4.78 is 0. The molecule has 1 aliphatic carbocycles. The van der Waals surface area contributed by atoms with Crippen LogP contribution in [-0.4, -0.2) is 52.5 Å². The molecule has 0 saturated carbocycles. The first-order chi connectivity index (χ1) is 16.5. The molecular weight excluding hydrogens is 426 g/mol. The molecule has 1 aliphatic heterocycles. The van der Waals surface area contributed by atoms with Gasteiger partial charge >= 0.3 is 0 Å². The topological polar surface area (TPSA) is 120 Å². The van der Waals surface area contributed by atoms with Crippen molar-refractivity contribution in [2.24, 2.45) is 16.7 Å². The van der Waals surface area contributed by atoms with Crippen LogP contribution in [0.25, 0.3) is 34.3 Å². The monoisotopic (exact) mass is 457 g/mol. The average Bonchev–Trinajstić information content (AvgIpc) is 3.11. The van der Waals surface area contributed by atoms with E-state index < -0.39 is 0 Å². The summed E-state index contributed by atoms with van der Waals surface area (Å²) in [7, 11) is 1.61. The first-order valence-electron chi connectivity index (χ1n) is 11.8. The number of aromatic amines is 2. The van der Waals surface area contributed by atoms with Gasteiger partial charge in [-0.2, -0.15) is 0 Å². The van der Waals surface area contributed by atoms with Crippen molar-refractivity contribution in [1.82, 2.24) is 20.0 Å². The highest BCUT2D eigenvalue weighted by Crippen LogP contribution is 2.28. The fourth-order valence-electron chi connectivity index (χ4n) is 4.80. The smallest absolute Gasteiger partial charge is 0.257 e. The maximum absolute atomic E-state index is 12.9. The van der Waals surface area contributed by atoms with Crippen molar-refractivity contribution in [1.29, 1.82) is 0 Å². The molecule has 176 valence electrons. The zero-order valence-electron chi connectivity index (χ0n) is 19.5. The molecule has 0 radical (unpaired) electrons. The predicted octanol–water partition coefficient (Wildman–Crippen LogP) is 3.24. The summed E-state index contributed by atoms with van der Waals surface area (Å²) in [4.78, 5) is 21.9. The number of amidine groups is 1. The third-order valence-electron chi connectivity index (χ3n) is 6.48. The summed E-state index contributed by atoms with van der Waals surface area (Å²) in [5.41, 5.74) is 12.3. The number of hydrogen-bond acceptors (Lipinski definition) is 5. The van der Waals surface area contributed by atoms with Crippen LogP contribution < -0.4 is 17.1 Å². The van der Waals surface area contributed by atoms with Crippen molar-refractivity contribution < 1.29 is 0 Å². The number of nitrogens with zero attached hydrogens (tertiary/aromatic N) is 3. The van der Waals surface area contributed by atoms with Gasteiger partial charge in [-0.05, 0) is 74.1 Å². The van der Waals surface area contributed by atoms with Gasteiger partial charge in [0.1, 0.15) is 0 Å². The van der Waals surface area contributed by atoms with E-state index in [9.17, 15) is 4.79 Å². The van der Waals surface area contributed by atoms with Crippen LogP contribution in [0.4, 0.5) is 0 Å². The highest BCUT2D eigenvalue weighted by Gasteiger charge is 2.16. The highest BCUT2D eigenvalue weighted by atomic mass is 16.1. The van der Waals surface area contributed by atoms with Crippen molar-refractivity contribution in [3.8, 4) is 11.3 Å². The molecule has 0 unspecified atom stereocenters. The number of allylic oxidation sites excluding steroid dienone is 1. The van der Waals surface area contributed by atoms with Crippen molar-refractivity contribution in [2.75, 3.05) is 26.7 Å². The molecule has 1 aromatic carbocycles. The second kappa shape index (κ2) is 9.32. The van der Waals surface area contributed by atoms with Gasteiger partial charge in [0.25, 0.3) is 5.56 Å². The predicted molar refractivity (Wildman–Crippen MR) is 139 cm³/mol. The maximum atomic E-state index is 12.9. The molecule has 0 bridgehead atoms. The molecule has 1 saturated heterocycles. The third kappa shape index (κ3) is 4.69. The molecular formula is C26H31N7O. The Kier molecular flexibility index (Phi) is 6.08. The molecule has 6 N–H and O–H groups in total. The summed E-state index contributed by atoms with van der Waals surface area (Å²) in [6.45, 7) is 3.36. The number of likely N-dealkylation sites (tertiary alicyclic amines) is 1. The van der Waals surface area contributed by atoms with Gasteiger partial charge in [0.15, 0.2) is 5.84 Å². The number of piperidine rings is 1. The van der Waals surface area contributed by atoms with E-state index >= 15 is 0 Å². The average molecular weight is 458 g/mol. The number of nitrogens with two attached hydrogens (primary N) is 2. The van der Waals surface area contributed by atoms with Crippen LogP contribution in [0.2, 0.25) is 0 Å². The van der Waals surface area contributed by atoms with Crippen LogP contribution in [0.3, 0.4) is 0 Å². The van der Waals surface area contributed by atoms with Crippen LogP contribution in [-0.2, 0) is 0 Å². The summed E-state index contributed by atoms with van der Waals surface area (Å²) >= 11 is 0. The third-order valence-corrected chi connectivity index (χ3v) is 6.48. The van der Waals surface area contributed by atoms with Gasteiger partial charge in [0.2, 0.25) is 0 Å². The van der Waals surface area contributed by atoms with Crippen LogP contribution in [0.15, 0.2) is 51.9 Å². The van der Waals surface area contributed by atoms with E-state index in [0.29, 0.717) is 11.4 Å². The van der Waals surface area contributed by atoms with Crippen LogP contribution >= 0.6 is 0 Å². The lowest BCUT2D eigenvalue weighted by atomic mass is 10.1. The lowest BCUT2D eigenvalue weighted by Crippen LogP contribution is -2.31. The first kappa shape index (κ1) is 22.2. The largest absolute Gasteiger partial charge is 0.382 e. The van der Waals surface area contributed by atoms with Crippen LogP contribution in [0, 0.1) is 0 Å². The minimum absolute atomic E-state index is 0.138. The Hall–Kier alpha value is -3.62. The molecule has 5 rings (SSSR count). The van der Waals surface area contributed by atoms with Gasteiger partial charge in [-0.1, -0.05) is 24.1 Å². The van der Waals surface area contributed by atoms with E-state index in [1.165, 1.54) is 43.0 Å². The van der Waals surface area contributed by atoms with Gasteiger partial charge in [-0.25, -0.2) is 11.0 Å². The Morgan fingerprint density at radius 1 is 1.15 bits per heavy atom. The van der Waals surface area contributed by atoms with Crippen molar-refractivity contribution >= 4 is 28.9 Å². The Bertz CT molecular complexity index is 1350. The summed E-state index contributed by atoms with van der Waals surface area (Å²) in [5.74, 6) is 5.89. The quantitative estimate of drug-likeness (QED) is 0.203. The highest BCUT2D eigenvalue weighted by molar-refractivity contribution is 6.00. The van der Waals surface area contributed by atoms with Crippen molar-refractivity contribution in [3.63, 3.8) is 0 Å². The molecule has 34 heavy (non-hydrogen) atoms. The molecule has 2 aromatic heterocycles. The van der Waals surface area contributed by atoms with E-state index in [0.717, 1.165) is 46.4 Å². The number of H-pyrrole nitrogens is 2. The number of aromatic nitrogens is 2. The van der Waals surface area contributed by atoms with E-state index in [4.69, 9.17) is 11.6 Å². The number of benzene rings is 1. The van der Waals surface area contributed by atoms with Gasteiger partial charge < -0.3 is 15.7 Å². The fourth-order valence-corrected chi connectivity index (χ4v) is 4.80. The number of hydrazone groups is 1. The van der Waals surface area contributed by atoms with Crippen molar-refractivity contribution in [2.45, 2.75) is 25.7 Å². The van der Waals surface area contributed by atoms with E-state index in [2.05, 4.69) is 44.3 Å². The van der Waals surface area contributed by atoms with Gasteiger partial charge in [0.05, 0.1) is 11.3 Å².